The molecule has 0 aliphatic heterocycles. The highest BCUT2D eigenvalue weighted by molar-refractivity contribution is 9.10. The Labute approximate surface area is 110 Å². The van der Waals surface area contributed by atoms with Crippen LogP contribution in [0.25, 0.3) is 0 Å². The number of thiophene rings is 1. The smallest absolute Gasteiger partial charge is 0.107 e. The van der Waals surface area contributed by atoms with Crippen molar-refractivity contribution in [3.8, 4) is 0 Å². The van der Waals surface area contributed by atoms with E-state index in [4.69, 9.17) is 11.6 Å². The highest BCUT2D eigenvalue weighted by Gasteiger charge is 2.07. The molecule has 1 aromatic rings. The van der Waals surface area contributed by atoms with E-state index in [1.165, 1.54) is 4.88 Å². The summed E-state index contributed by atoms with van der Waals surface area (Å²) in [4.78, 5) is 1.18. The lowest BCUT2D eigenvalue weighted by Gasteiger charge is -2.10. The van der Waals surface area contributed by atoms with Gasteiger partial charge in [-0.1, -0.05) is 11.6 Å². The third kappa shape index (κ3) is 4.95. The van der Waals surface area contributed by atoms with Gasteiger partial charge in [-0.25, -0.2) is 0 Å². The minimum absolute atomic E-state index is 0.260. The van der Waals surface area contributed by atoms with Gasteiger partial charge in [-0.05, 0) is 28.9 Å². The molecule has 2 unspecified atom stereocenters. The van der Waals surface area contributed by atoms with Crippen LogP contribution in [0.15, 0.2) is 10.5 Å². The Kier molecular flexibility index (Phi) is 5.77. The summed E-state index contributed by atoms with van der Waals surface area (Å²) in [6, 6.07) is 2.27. The van der Waals surface area contributed by atoms with Crippen molar-refractivity contribution in [1.29, 1.82) is 0 Å². The molecule has 0 radical (unpaired) electrons. The second kappa shape index (κ2) is 6.35. The number of rotatable bonds is 5. The molecule has 0 spiro atoms. The van der Waals surface area contributed by atoms with Crippen molar-refractivity contribution in [2.45, 2.75) is 19.5 Å². The number of hydrogen-bond donors (Lipinski definition) is 1. The molecule has 0 saturated heterocycles. The van der Waals surface area contributed by atoms with Crippen LogP contribution in [0.1, 0.15) is 11.8 Å². The van der Waals surface area contributed by atoms with E-state index in [0.717, 1.165) is 15.4 Å². The van der Waals surface area contributed by atoms with Gasteiger partial charge in [0.1, 0.15) is 4.34 Å². The second-order valence-electron chi connectivity index (χ2n) is 3.36. The van der Waals surface area contributed by atoms with Gasteiger partial charge in [-0.2, -0.15) is 0 Å². The van der Waals surface area contributed by atoms with E-state index >= 15 is 0 Å². The van der Waals surface area contributed by atoms with Crippen molar-refractivity contribution in [1.82, 2.24) is 5.32 Å². The summed E-state index contributed by atoms with van der Waals surface area (Å²) >= 11 is 10.8. The van der Waals surface area contributed by atoms with Gasteiger partial charge in [0, 0.05) is 44.7 Å². The Balaban J connectivity index is 2.40. The van der Waals surface area contributed by atoms with Crippen molar-refractivity contribution in [3.05, 3.63) is 19.8 Å². The van der Waals surface area contributed by atoms with E-state index in [9.17, 15) is 4.21 Å². The van der Waals surface area contributed by atoms with E-state index < -0.39 is 10.8 Å². The molecule has 1 rings (SSSR count). The fraction of sp³-hybridized carbons (Fsp3) is 0.556. The minimum atomic E-state index is -0.747. The van der Waals surface area contributed by atoms with Crippen LogP contribution in [0.4, 0.5) is 0 Å². The van der Waals surface area contributed by atoms with Gasteiger partial charge in [0.05, 0.1) is 0 Å². The van der Waals surface area contributed by atoms with E-state index in [-0.39, 0.29) is 6.04 Å². The molecule has 0 amide bonds. The first kappa shape index (κ1) is 13.6. The van der Waals surface area contributed by atoms with Gasteiger partial charge in [-0.3, -0.25) is 4.21 Å². The molecule has 2 atom stereocenters. The maximum atomic E-state index is 11.0. The van der Waals surface area contributed by atoms with Crippen molar-refractivity contribution in [3.63, 3.8) is 0 Å². The monoisotopic (exact) mass is 329 g/mol. The Morgan fingerprint density at radius 1 is 1.73 bits per heavy atom. The highest BCUT2D eigenvalue weighted by Crippen LogP contribution is 2.31. The van der Waals surface area contributed by atoms with Crippen LogP contribution < -0.4 is 5.32 Å². The normalized spacial score (nSPS) is 15.2. The van der Waals surface area contributed by atoms with Gasteiger partial charge >= 0.3 is 0 Å². The SMILES string of the molecule is CC(CS(C)=O)NCc1cc(Br)c(Cl)s1. The molecular weight excluding hydrogens is 318 g/mol. The molecule has 6 heteroatoms. The lowest BCUT2D eigenvalue weighted by Crippen LogP contribution is -2.30. The van der Waals surface area contributed by atoms with Gasteiger partial charge in [0.2, 0.25) is 0 Å². The molecule has 1 aromatic heterocycles. The van der Waals surface area contributed by atoms with Crippen LogP contribution in [0, 0.1) is 0 Å². The molecule has 1 N–H and O–H groups in total. The summed E-state index contributed by atoms with van der Waals surface area (Å²) in [5.41, 5.74) is 0. The maximum Gasteiger partial charge on any atom is 0.107 e. The van der Waals surface area contributed by atoms with Crippen molar-refractivity contribution < 1.29 is 4.21 Å². The summed E-state index contributed by atoms with van der Waals surface area (Å²) < 4.78 is 12.7. The molecule has 1 heterocycles. The minimum Gasteiger partial charge on any atom is -0.308 e. The Morgan fingerprint density at radius 2 is 2.40 bits per heavy atom. The topological polar surface area (TPSA) is 29.1 Å². The zero-order valence-electron chi connectivity index (χ0n) is 8.55. The lowest BCUT2D eigenvalue weighted by atomic mass is 10.3. The Bertz CT molecular complexity index is 336. The number of nitrogens with one attached hydrogen (secondary N) is 1. The standard InChI is InChI=1S/C9H13BrClNOS2/c1-6(5-15(2)13)12-4-7-3-8(10)9(11)14-7/h3,6,12H,4-5H2,1-2H3. The predicted octanol–water partition coefficient (Wildman–Crippen LogP) is 3.02. The average Bonchev–Trinajstić information content (AvgIpc) is 2.42. The Hall–Kier alpha value is 0.580. The van der Waals surface area contributed by atoms with E-state index in [1.54, 1.807) is 17.6 Å². The molecule has 0 aliphatic rings. The van der Waals surface area contributed by atoms with E-state index in [1.807, 2.05) is 13.0 Å². The summed E-state index contributed by atoms with van der Waals surface area (Å²) in [6.07, 6.45) is 1.72. The summed E-state index contributed by atoms with van der Waals surface area (Å²) in [5, 5.41) is 3.31. The molecular formula is C9H13BrClNOS2. The zero-order chi connectivity index (χ0) is 11.4. The molecule has 0 bridgehead atoms. The van der Waals surface area contributed by atoms with E-state index in [2.05, 4.69) is 21.2 Å². The number of hydrogen-bond acceptors (Lipinski definition) is 3. The second-order valence-corrected chi connectivity index (χ2v) is 7.43. The maximum absolute atomic E-state index is 11.0. The quantitative estimate of drug-likeness (QED) is 0.899. The zero-order valence-corrected chi connectivity index (χ0v) is 12.5. The summed E-state index contributed by atoms with van der Waals surface area (Å²) in [5.74, 6) is 0.681. The molecule has 0 saturated carbocycles. The molecule has 86 valence electrons. The fourth-order valence-corrected chi connectivity index (χ4v) is 3.73. The van der Waals surface area contributed by atoms with Gasteiger partial charge < -0.3 is 5.32 Å². The van der Waals surface area contributed by atoms with Crippen LogP contribution in [-0.2, 0) is 17.3 Å². The van der Waals surface area contributed by atoms with Crippen LogP contribution >= 0.6 is 38.9 Å². The fourth-order valence-electron chi connectivity index (χ4n) is 1.16. The van der Waals surface area contributed by atoms with Crippen molar-refractivity contribution in [2.24, 2.45) is 0 Å². The van der Waals surface area contributed by atoms with Crippen LogP contribution in [0.3, 0.4) is 0 Å². The van der Waals surface area contributed by atoms with E-state index in [0.29, 0.717) is 5.75 Å². The van der Waals surface area contributed by atoms with Crippen LogP contribution in [0.5, 0.6) is 0 Å². The first-order valence-electron chi connectivity index (χ1n) is 4.46. The largest absolute Gasteiger partial charge is 0.308 e. The molecule has 0 fully saturated rings. The summed E-state index contributed by atoms with van der Waals surface area (Å²) in [6.45, 7) is 2.81. The van der Waals surface area contributed by atoms with Crippen molar-refractivity contribution >= 4 is 49.7 Å². The average molecular weight is 331 g/mol. The van der Waals surface area contributed by atoms with Gasteiger partial charge in [0.25, 0.3) is 0 Å². The van der Waals surface area contributed by atoms with Crippen molar-refractivity contribution in [2.75, 3.05) is 12.0 Å². The highest BCUT2D eigenvalue weighted by atomic mass is 79.9. The summed E-state index contributed by atoms with van der Waals surface area (Å²) in [7, 11) is -0.747. The molecule has 15 heavy (non-hydrogen) atoms. The molecule has 2 nitrogen and oxygen atoms in total. The van der Waals surface area contributed by atoms with Crippen LogP contribution in [-0.4, -0.2) is 22.3 Å². The third-order valence-electron chi connectivity index (χ3n) is 1.81. The predicted molar refractivity (Wildman–Crippen MR) is 72.3 cm³/mol. The molecule has 0 aliphatic carbocycles. The first-order valence-corrected chi connectivity index (χ1v) is 8.17. The third-order valence-corrected chi connectivity index (χ3v) is 5.25. The van der Waals surface area contributed by atoms with Crippen LogP contribution in [0.2, 0.25) is 4.34 Å². The van der Waals surface area contributed by atoms with Gasteiger partial charge in [-0.15, -0.1) is 11.3 Å². The molecule has 0 aromatic carbocycles. The lowest BCUT2D eigenvalue weighted by molar-refractivity contribution is 0.591. The van der Waals surface area contributed by atoms with Gasteiger partial charge in [0.15, 0.2) is 0 Å². The first-order chi connectivity index (χ1) is 6.99. The number of halogens is 2. The Morgan fingerprint density at radius 3 is 2.87 bits per heavy atom.